The Bertz CT molecular complexity index is 349. The van der Waals surface area contributed by atoms with Crippen molar-refractivity contribution in [2.45, 2.75) is 91.1 Å². The average molecular weight is 321 g/mol. The normalized spacial score (nSPS) is 49.0. The molecule has 4 unspecified atom stereocenters. The van der Waals surface area contributed by atoms with Crippen molar-refractivity contribution < 1.29 is 4.74 Å². The van der Waals surface area contributed by atoms with Crippen molar-refractivity contribution >= 4 is 0 Å². The minimum atomic E-state index is 0.516. The van der Waals surface area contributed by atoms with Crippen LogP contribution in [0.2, 0.25) is 0 Å². The van der Waals surface area contributed by atoms with Crippen LogP contribution in [-0.2, 0) is 4.74 Å². The van der Waals surface area contributed by atoms with E-state index in [1.54, 1.807) is 0 Å². The van der Waals surface area contributed by atoms with Gasteiger partial charge in [-0.1, -0.05) is 33.6 Å². The van der Waals surface area contributed by atoms with E-state index < -0.39 is 0 Å². The predicted molar refractivity (Wildman–Crippen MR) is 98.4 cm³/mol. The topological polar surface area (TPSA) is 9.23 Å². The van der Waals surface area contributed by atoms with Crippen LogP contribution in [0, 0.1) is 41.4 Å². The van der Waals surface area contributed by atoms with Gasteiger partial charge in [0.1, 0.15) is 0 Å². The van der Waals surface area contributed by atoms with Crippen LogP contribution in [0.25, 0.3) is 0 Å². The van der Waals surface area contributed by atoms with Gasteiger partial charge in [-0.3, -0.25) is 0 Å². The zero-order chi connectivity index (χ0) is 16.4. The molecule has 0 aliphatic heterocycles. The minimum absolute atomic E-state index is 0.516. The van der Waals surface area contributed by atoms with Crippen molar-refractivity contribution in [3.63, 3.8) is 0 Å². The Morgan fingerprint density at radius 3 is 1.65 bits per heavy atom. The van der Waals surface area contributed by atoms with Crippen LogP contribution in [0.4, 0.5) is 0 Å². The maximum absolute atomic E-state index is 5.71. The molecule has 134 valence electrons. The van der Waals surface area contributed by atoms with E-state index in [-0.39, 0.29) is 0 Å². The van der Waals surface area contributed by atoms with Crippen molar-refractivity contribution in [1.29, 1.82) is 0 Å². The Labute approximate surface area is 144 Å². The molecule has 3 aliphatic rings. The van der Waals surface area contributed by atoms with Crippen LogP contribution in [0.1, 0.15) is 85.0 Å². The lowest BCUT2D eigenvalue weighted by atomic mass is 9.61. The van der Waals surface area contributed by atoms with Gasteiger partial charge in [-0.2, -0.15) is 0 Å². The van der Waals surface area contributed by atoms with Crippen molar-refractivity contribution in [1.82, 2.24) is 0 Å². The Morgan fingerprint density at radius 2 is 1.09 bits per heavy atom. The summed E-state index contributed by atoms with van der Waals surface area (Å²) in [7, 11) is 1.91. The second kappa shape index (κ2) is 7.89. The van der Waals surface area contributed by atoms with E-state index in [1.165, 1.54) is 64.2 Å². The SMILES string of the molecule is COC1CCC(C2CCC(C3CCC(C)CC3)CC2)C(C)C1C. The van der Waals surface area contributed by atoms with Gasteiger partial charge in [0.15, 0.2) is 0 Å². The van der Waals surface area contributed by atoms with Crippen molar-refractivity contribution in [2.75, 3.05) is 7.11 Å². The molecule has 4 atom stereocenters. The fourth-order valence-electron chi connectivity index (χ4n) is 6.41. The number of hydrogen-bond donors (Lipinski definition) is 0. The molecule has 0 aromatic heterocycles. The number of methoxy groups -OCH3 is 1. The van der Waals surface area contributed by atoms with E-state index in [1.807, 2.05) is 7.11 Å². The third-order valence-corrected chi connectivity index (χ3v) is 8.33. The van der Waals surface area contributed by atoms with Crippen LogP contribution in [0.3, 0.4) is 0 Å². The van der Waals surface area contributed by atoms with Gasteiger partial charge in [0, 0.05) is 7.11 Å². The summed E-state index contributed by atoms with van der Waals surface area (Å²) >= 11 is 0. The van der Waals surface area contributed by atoms with Crippen molar-refractivity contribution in [2.24, 2.45) is 41.4 Å². The summed E-state index contributed by atoms with van der Waals surface area (Å²) in [6.07, 6.45) is 15.4. The van der Waals surface area contributed by atoms with Crippen LogP contribution in [0.5, 0.6) is 0 Å². The van der Waals surface area contributed by atoms with Crippen LogP contribution in [-0.4, -0.2) is 13.2 Å². The van der Waals surface area contributed by atoms with Gasteiger partial charge in [0.2, 0.25) is 0 Å². The Morgan fingerprint density at radius 1 is 0.565 bits per heavy atom. The highest BCUT2D eigenvalue weighted by Crippen LogP contribution is 2.48. The number of rotatable bonds is 3. The quantitative estimate of drug-likeness (QED) is 0.591. The van der Waals surface area contributed by atoms with Crippen LogP contribution in [0.15, 0.2) is 0 Å². The molecule has 1 heteroatoms. The molecule has 3 saturated carbocycles. The highest BCUT2D eigenvalue weighted by Gasteiger charge is 2.40. The molecule has 0 aromatic rings. The fourth-order valence-corrected chi connectivity index (χ4v) is 6.41. The second-order valence-corrected chi connectivity index (χ2v) is 9.43. The molecule has 0 saturated heterocycles. The lowest BCUT2D eigenvalue weighted by Crippen LogP contribution is -2.40. The Balaban J connectivity index is 1.49. The molecule has 0 bridgehead atoms. The maximum atomic E-state index is 5.71. The van der Waals surface area contributed by atoms with E-state index in [4.69, 9.17) is 4.74 Å². The summed E-state index contributed by atoms with van der Waals surface area (Å²) in [6.45, 7) is 7.39. The summed E-state index contributed by atoms with van der Waals surface area (Å²) in [5.74, 6) is 6.74. The summed E-state index contributed by atoms with van der Waals surface area (Å²) in [5, 5.41) is 0. The number of ether oxygens (including phenoxy) is 1. The van der Waals surface area contributed by atoms with Gasteiger partial charge in [-0.05, 0) is 92.8 Å². The van der Waals surface area contributed by atoms with Crippen LogP contribution < -0.4 is 0 Å². The van der Waals surface area contributed by atoms with Gasteiger partial charge in [-0.25, -0.2) is 0 Å². The molecular formula is C22H40O. The van der Waals surface area contributed by atoms with Crippen molar-refractivity contribution in [3.05, 3.63) is 0 Å². The molecule has 1 nitrogen and oxygen atoms in total. The van der Waals surface area contributed by atoms with Gasteiger partial charge < -0.3 is 4.74 Å². The molecule has 0 heterocycles. The smallest absolute Gasteiger partial charge is 0.0599 e. The van der Waals surface area contributed by atoms with Crippen molar-refractivity contribution in [3.8, 4) is 0 Å². The van der Waals surface area contributed by atoms with Gasteiger partial charge >= 0.3 is 0 Å². The zero-order valence-electron chi connectivity index (χ0n) is 16.1. The van der Waals surface area contributed by atoms with Gasteiger partial charge in [-0.15, -0.1) is 0 Å². The van der Waals surface area contributed by atoms with Crippen LogP contribution >= 0.6 is 0 Å². The molecule has 3 aliphatic carbocycles. The van der Waals surface area contributed by atoms with E-state index in [2.05, 4.69) is 20.8 Å². The highest BCUT2D eigenvalue weighted by molar-refractivity contribution is 4.90. The number of hydrogen-bond acceptors (Lipinski definition) is 1. The largest absolute Gasteiger partial charge is 0.381 e. The third-order valence-electron chi connectivity index (χ3n) is 8.33. The van der Waals surface area contributed by atoms with E-state index in [9.17, 15) is 0 Å². The standard InChI is InChI=1S/C22H40O/c1-15-5-7-18(8-6-15)19-9-11-20(12-10-19)21-13-14-22(23-4)17(3)16(21)2/h15-22H,5-14H2,1-4H3. The fraction of sp³-hybridized carbons (Fsp3) is 1.00. The molecule has 3 rings (SSSR count). The molecule has 0 N–H and O–H groups in total. The lowest BCUT2D eigenvalue weighted by Gasteiger charge is -2.46. The molecule has 0 spiro atoms. The monoisotopic (exact) mass is 320 g/mol. The van der Waals surface area contributed by atoms with E-state index in [0.29, 0.717) is 6.10 Å². The van der Waals surface area contributed by atoms with E-state index >= 15 is 0 Å². The summed E-state index contributed by atoms with van der Waals surface area (Å²) in [4.78, 5) is 0. The molecule has 0 radical (unpaired) electrons. The third kappa shape index (κ3) is 3.97. The minimum Gasteiger partial charge on any atom is -0.381 e. The Hall–Kier alpha value is -0.0400. The molecule has 23 heavy (non-hydrogen) atoms. The lowest BCUT2D eigenvalue weighted by molar-refractivity contribution is -0.0353. The average Bonchev–Trinajstić information content (AvgIpc) is 2.58. The van der Waals surface area contributed by atoms with E-state index in [0.717, 1.165) is 41.4 Å². The van der Waals surface area contributed by atoms with Gasteiger partial charge in [0.05, 0.1) is 6.10 Å². The first-order valence-electron chi connectivity index (χ1n) is 10.6. The highest BCUT2D eigenvalue weighted by atomic mass is 16.5. The first kappa shape index (κ1) is 17.8. The molecular weight excluding hydrogens is 280 g/mol. The maximum Gasteiger partial charge on any atom is 0.0599 e. The predicted octanol–water partition coefficient (Wildman–Crippen LogP) is 6.32. The second-order valence-electron chi connectivity index (χ2n) is 9.43. The molecule has 0 aromatic carbocycles. The summed E-state index contributed by atoms with van der Waals surface area (Å²) < 4.78 is 5.71. The Kier molecular flexibility index (Phi) is 6.10. The molecule has 3 fully saturated rings. The molecule has 0 amide bonds. The summed E-state index contributed by atoms with van der Waals surface area (Å²) in [6, 6.07) is 0. The van der Waals surface area contributed by atoms with Gasteiger partial charge in [0.25, 0.3) is 0 Å². The summed E-state index contributed by atoms with van der Waals surface area (Å²) in [5.41, 5.74) is 0. The zero-order valence-corrected chi connectivity index (χ0v) is 16.1. The first-order chi connectivity index (χ1) is 11.1. The first-order valence-corrected chi connectivity index (χ1v) is 10.6.